The summed E-state index contributed by atoms with van der Waals surface area (Å²) >= 11 is 0. The van der Waals surface area contributed by atoms with Crippen molar-refractivity contribution in [2.75, 3.05) is 73.6 Å². The number of likely N-dealkylation sites (N-methyl/N-ethyl adjacent to an activating group) is 2. The normalized spacial score (nSPS) is 24.3. The van der Waals surface area contributed by atoms with E-state index in [1.165, 1.54) is 4.90 Å². The predicted molar refractivity (Wildman–Crippen MR) is 101 cm³/mol. The maximum Gasteiger partial charge on any atom is 0.410 e. The molecule has 1 N–H and O–H groups in total. The van der Waals surface area contributed by atoms with Crippen molar-refractivity contribution in [3.05, 3.63) is 0 Å². The van der Waals surface area contributed by atoms with E-state index in [2.05, 4.69) is 10.2 Å². The molecule has 0 aliphatic carbocycles. The zero-order valence-corrected chi connectivity index (χ0v) is 17.0. The average Bonchev–Trinajstić information content (AvgIpc) is 3.17. The van der Waals surface area contributed by atoms with Crippen LogP contribution in [0.25, 0.3) is 0 Å². The van der Waals surface area contributed by atoms with Gasteiger partial charge in [0.2, 0.25) is 5.91 Å². The fourth-order valence-electron chi connectivity index (χ4n) is 3.93. The van der Waals surface area contributed by atoms with Crippen molar-refractivity contribution in [3.63, 3.8) is 0 Å². The molecule has 0 aromatic rings. The summed E-state index contributed by atoms with van der Waals surface area (Å²) in [7, 11) is 5.35. The number of nitrogens with one attached hydrogen (secondary N) is 1. The van der Waals surface area contributed by atoms with Crippen molar-refractivity contribution in [1.29, 1.82) is 0 Å². The first kappa shape index (κ1) is 20.7. The van der Waals surface area contributed by atoms with E-state index in [0.717, 1.165) is 13.1 Å². The molecule has 10 nitrogen and oxygen atoms in total. The number of carbonyl (C=O) groups excluding carboxylic acids is 3. The lowest BCUT2D eigenvalue weighted by Crippen LogP contribution is -2.53. The van der Waals surface area contributed by atoms with E-state index < -0.39 is 11.6 Å². The molecule has 0 bridgehead atoms. The van der Waals surface area contributed by atoms with Crippen LogP contribution in [0.5, 0.6) is 0 Å². The van der Waals surface area contributed by atoms with Crippen molar-refractivity contribution in [2.24, 2.45) is 0 Å². The number of hydrogen-bond donors (Lipinski definition) is 1. The van der Waals surface area contributed by atoms with Gasteiger partial charge < -0.3 is 34.4 Å². The molecule has 28 heavy (non-hydrogen) atoms. The topological polar surface area (TPSA) is 94.7 Å². The summed E-state index contributed by atoms with van der Waals surface area (Å²) in [5, 5.41) is 2.71. The Kier molecular flexibility index (Phi) is 6.29. The van der Waals surface area contributed by atoms with Gasteiger partial charge in [-0.05, 0) is 7.05 Å². The van der Waals surface area contributed by atoms with Crippen LogP contribution in [-0.2, 0) is 14.3 Å². The molecular formula is C18H31N5O5. The summed E-state index contributed by atoms with van der Waals surface area (Å²) in [5.74, 6) is -0.0616. The molecule has 3 aliphatic rings. The SMILES string of the molecule is COCCN(C)CCN1CC2(CCN(C(=O)[C@@H]3CN(C)C(=O)N3)CC2)OC1=O. The van der Waals surface area contributed by atoms with E-state index in [4.69, 9.17) is 9.47 Å². The van der Waals surface area contributed by atoms with Gasteiger partial charge in [0.1, 0.15) is 11.6 Å². The summed E-state index contributed by atoms with van der Waals surface area (Å²) in [4.78, 5) is 43.7. The largest absolute Gasteiger partial charge is 0.441 e. The Morgan fingerprint density at radius 3 is 2.64 bits per heavy atom. The van der Waals surface area contributed by atoms with Crippen LogP contribution in [0.2, 0.25) is 0 Å². The number of amides is 4. The monoisotopic (exact) mass is 397 g/mol. The summed E-state index contributed by atoms with van der Waals surface area (Å²) in [5.41, 5.74) is -0.505. The second-order valence-corrected chi connectivity index (χ2v) is 7.98. The van der Waals surface area contributed by atoms with Crippen LogP contribution in [0, 0.1) is 0 Å². The molecule has 3 saturated heterocycles. The first-order chi connectivity index (χ1) is 13.3. The Labute approximate surface area is 165 Å². The first-order valence-electron chi connectivity index (χ1n) is 9.79. The highest BCUT2D eigenvalue weighted by atomic mass is 16.6. The summed E-state index contributed by atoms with van der Waals surface area (Å²) in [6, 6.07) is -0.709. The summed E-state index contributed by atoms with van der Waals surface area (Å²) in [6.45, 7) is 4.86. The third-order valence-electron chi connectivity index (χ3n) is 5.86. The van der Waals surface area contributed by atoms with E-state index in [9.17, 15) is 14.4 Å². The van der Waals surface area contributed by atoms with E-state index in [-0.39, 0.29) is 18.0 Å². The van der Waals surface area contributed by atoms with Gasteiger partial charge in [-0.2, -0.15) is 0 Å². The number of nitrogens with zero attached hydrogens (tertiary/aromatic N) is 4. The fraction of sp³-hybridized carbons (Fsp3) is 0.833. The van der Waals surface area contributed by atoms with Crippen molar-refractivity contribution < 1.29 is 23.9 Å². The zero-order chi connectivity index (χ0) is 20.3. The number of methoxy groups -OCH3 is 1. The third kappa shape index (κ3) is 4.49. The number of ether oxygens (including phenoxy) is 2. The van der Waals surface area contributed by atoms with Gasteiger partial charge in [-0.25, -0.2) is 9.59 Å². The van der Waals surface area contributed by atoms with Crippen LogP contribution in [0.15, 0.2) is 0 Å². The van der Waals surface area contributed by atoms with Crippen LogP contribution in [-0.4, -0.2) is 123 Å². The van der Waals surface area contributed by atoms with Gasteiger partial charge in [0, 0.05) is 59.7 Å². The number of carbonyl (C=O) groups is 3. The van der Waals surface area contributed by atoms with Gasteiger partial charge >= 0.3 is 12.1 Å². The van der Waals surface area contributed by atoms with Gasteiger partial charge in [-0.15, -0.1) is 0 Å². The number of hydrogen-bond acceptors (Lipinski definition) is 6. The quantitative estimate of drug-likeness (QED) is 0.617. The molecule has 0 saturated carbocycles. The van der Waals surface area contributed by atoms with Crippen molar-refractivity contribution in [2.45, 2.75) is 24.5 Å². The second-order valence-electron chi connectivity index (χ2n) is 7.98. The van der Waals surface area contributed by atoms with E-state index in [1.807, 2.05) is 7.05 Å². The minimum Gasteiger partial charge on any atom is -0.441 e. The number of urea groups is 1. The molecule has 3 rings (SSSR count). The maximum absolute atomic E-state index is 12.6. The van der Waals surface area contributed by atoms with Gasteiger partial charge in [-0.3, -0.25) is 4.79 Å². The van der Waals surface area contributed by atoms with Crippen molar-refractivity contribution in [3.8, 4) is 0 Å². The smallest absolute Gasteiger partial charge is 0.410 e. The molecule has 0 aromatic carbocycles. The lowest BCUT2D eigenvalue weighted by Gasteiger charge is -2.38. The molecule has 3 aliphatic heterocycles. The number of likely N-dealkylation sites (tertiary alicyclic amines) is 1. The van der Waals surface area contributed by atoms with Gasteiger partial charge in [0.15, 0.2) is 0 Å². The molecular weight excluding hydrogens is 366 g/mol. The van der Waals surface area contributed by atoms with Crippen LogP contribution in [0.1, 0.15) is 12.8 Å². The molecule has 10 heteroatoms. The first-order valence-corrected chi connectivity index (χ1v) is 9.79. The zero-order valence-electron chi connectivity index (χ0n) is 17.0. The van der Waals surface area contributed by atoms with Gasteiger partial charge in [-0.1, -0.05) is 0 Å². The second kappa shape index (κ2) is 8.52. The molecule has 0 unspecified atom stereocenters. The van der Waals surface area contributed by atoms with Crippen molar-refractivity contribution >= 4 is 18.0 Å². The van der Waals surface area contributed by atoms with Gasteiger partial charge in [0.25, 0.3) is 0 Å². The van der Waals surface area contributed by atoms with E-state index in [0.29, 0.717) is 52.2 Å². The molecule has 3 fully saturated rings. The minimum atomic E-state index is -0.505. The van der Waals surface area contributed by atoms with Crippen molar-refractivity contribution in [1.82, 2.24) is 24.9 Å². The van der Waals surface area contributed by atoms with Crippen LogP contribution in [0.4, 0.5) is 9.59 Å². The average molecular weight is 397 g/mol. The summed E-state index contributed by atoms with van der Waals surface area (Å²) < 4.78 is 10.8. The Morgan fingerprint density at radius 1 is 1.32 bits per heavy atom. The number of piperidine rings is 1. The fourth-order valence-corrected chi connectivity index (χ4v) is 3.93. The van der Waals surface area contributed by atoms with E-state index in [1.54, 1.807) is 24.0 Å². The highest BCUT2D eigenvalue weighted by Crippen LogP contribution is 2.33. The lowest BCUT2D eigenvalue weighted by atomic mass is 9.91. The lowest BCUT2D eigenvalue weighted by molar-refractivity contribution is -0.136. The highest BCUT2D eigenvalue weighted by Gasteiger charge is 2.48. The van der Waals surface area contributed by atoms with Crippen LogP contribution in [0.3, 0.4) is 0 Å². The molecule has 158 valence electrons. The van der Waals surface area contributed by atoms with Crippen LogP contribution < -0.4 is 5.32 Å². The molecule has 1 atom stereocenters. The molecule has 0 aromatic heterocycles. The predicted octanol–water partition coefficient (Wildman–Crippen LogP) is -0.598. The molecule has 0 radical (unpaired) electrons. The number of rotatable bonds is 7. The molecule has 1 spiro atoms. The Hall–Kier alpha value is -2.07. The van der Waals surface area contributed by atoms with Crippen LogP contribution >= 0.6 is 0 Å². The Morgan fingerprint density at radius 2 is 2.04 bits per heavy atom. The third-order valence-corrected chi connectivity index (χ3v) is 5.86. The van der Waals surface area contributed by atoms with Gasteiger partial charge in [0.05, 0.1) is 19.7 Å². The molecule has 4 amide bonds. The highest BCUT2D eigenvalue weighted by molar-refractivity contribution is 5.90. The minimum absolute atomic E-state index is 0.0616. The maximum atomic E-state index is 12.6. The Balaban J connectivity index is 1.46. The standard InChI is InChI=1S/C18H31N5O5/c1-20(10-11-27-3)8-9-23-13-18(28-17(23)26)4-6-22(7-5-18)15(24)14-12-21(2)16(25)19-14/h14H,4-13H2,1-3H3,(H,19,25)/t14-/m0/s1. The summed E-state index contributed by atoms with van der Waals surface area (Å²) in [6.07, 6.45) is 0.971. The Bertz CT molecular complexity index is 607. The van der Waals surface area contributed by atoms with E-state index >= 15 is 0 Å². The molecule has 3 heterocycles.